The fraction of sp³-hybridized carbons (Fsp3) is 0.273. The number of aryl methyl sites for hydroxylation is 1. The quantitative estimate of drug-likeness (QED) is 0.517. The van der Waals surface area contributed by atoms with Gasteiger partial charge in [-0.15, -0.1) is 0 Å². The highest BCUT2D eigenvalue weighted by atomic mass is 16.4. The van der Waals surface area contributed by atoms with Gasteiger partial charge < -0.3 is 15.4 Å². The molecule has 0 spiro atoms. The molecule has 3 N–H and O–H groups in total. The maximum atomic E-state index is 12.4. The molecule has 7 nitrogen and oxygen atoms in total. The Balaban J connectivity index is 1.58. The van der Waals surface area contributed by atoms with Crippen LogP contribution in [0.5, 0.6) is 0 Å². The van der Waals surface area contributed by atoms with E-state index in [2.05, 4.69) is 15.3 Å². The molecule has 0 aliphatic rings. The zero-order chi connectivity index (χ0) is 20.6. The smallest absolute Gasteiger partial charge is 0.303 e. The third kappa shape index (κ3) is 5.75. The van der Waals surface area contributed by atoms with Crippen LogP contribution >= 0.6 is 0 Å². The molecule has 2 aromatic carbocycles. The summed E-state index contributed by atoms with van der Waals surface area (Å²) in [5.74, 6) is -0.508. The number of aromatic amines is 1. The Morgan fingerprint density at radius 2 is 1.76 bits per heavy atom. The number of para-hydroxylation sites is 1. The van der Waals surface area contributed by atoms with E-state index in [0.717, 1.165) is 5.56 Å². The molecule has 7 heteroatoms. The molecule has 1 atom stereocenters. The van der Waals surface area contributed by atoms with E-state index >= 15 is 0 Å². The number of rotatable bonds is 9. The Labute approximate surface area is 167 Å². The van der Waals surface area contributed by atoms with E-state index in [-0.39, 0.29) is 30.3 Å². The van der Waals surface area contributed by atoms with Crippen LogP contribution in [0.25, 0.3) is 10.9 Å². The second-order valence-electron chi connectivity index (χ2n) is 6.85. The van der Waals surface area contributed by atoms with E-state index in [1.165, 1.54) is 0 Å². The van der Waals surface area contributed by atoms with Gasteiger partial charge in [0.25, 0.3) is 5.56 Å². The number of carboxylic acids is 1. The zero-order valence-electron chi connectivity index (χ0n) is 15.9. The van der Waals surface area contributed by atoms with Gasteiger partial charge in [0.05, 0.1) is 16.9 Å². The normalized spacial score (nSPS) is 11.9. The van der Waals surface area contributed by atoms with Gasteiger partial charge in [-0.3, -0.25) is 14.4 Å². The summed E-state index contributed by atoms with van der Waals surface area (Å²) >= 11 is 0. The minimum absolute atomic E-state index is 0.0257. The molecule has 1 aromatic heterocycles. The molecule has 1 unspecified atom stereocenters. The lowest BCUT2D eigenvalue weighted by Crippen LogP contribution is -2.29. The van der Waals surface area contributed by atoms with Crippen molar-refractivity contribution in [3.63, 3.8) is 0 Å². The molecule has 1 amide bonds. The number of amides is 1. The Morgan fingerprint density at radius 1 is 1.03 bits per heavy atom. The molecule has 0 saturated heterocycles. The van der Waals surface area contributed by atoms with E-state index in [1.54, 1.807) is 18.2 Å². The number of fused-ring (bicyclic) bond motifs is 1. The highest BCUT2D eigenvalue weighted by Gasteiger charge is 2.16. The summed E-state index contributed by atoms with van der Waals surface area (Å²) in [5.41, 5.74) is 1.32. The van der Waals surface area contributed by atoms with E-state index in [4.69, 9.17) is 5.11 Å². The van der Waals surface area contributed by atoms with E-state index in [0.29, 0.717) is 36.0 Å². The van der Waals surface area contributed by atoms with Gasteiger partial charge in [-0.2, -0.15) is 0 Å². The van der Waals surface area contributed by atoms with Crippen LogP contribution in [0.1, 0.15) is 43.1 Å². The number of carbonyl (C=O) groups is 2. The Kier molecular flexibility index (Phi) is 6.73. The molecule has 29 heavy (non-hydrogen) atoms. The van der Waals surface area contributed by atoms with Crippen LogP contribution < -0.4 is 10.9 Å². The maximum Gasteiger partial charge on any atom is 0.303 e. The minimum Gasteiger partial charge on any atom is -0.481 e. The van der Waals surface area contributed by atoms with Gasteiger partial charge in [-0.25, -0.2) is 4.98 Å². The van der Waals surface area contributed by atoms with Crippen LogP contribution in [-0.4, -0.2) is 27.0 Å². The number of carboxylic acid groups (broad SMARTS) is 1. The number of benzene rings is 2. The molecule has 150 valence electrons. The SMILES string of the molecule is O=C(O)CCC(NC(=O)CCCc1nc2ccccc2c(=O)[nH]1)c1ccccc1. The first-order valence-corrected chi connectivity index (χ1v) is 9.57. The molecule has 0 bridgehead atoms. The number of nitrogens with one attached hydrogen (secondary N) is 2. The van der Waals surface area contributed by atoms with Gasteiger partial charge >= 0.3 is 5.97 Å². The van der Waals surface area contributed by atoms with Crippen LogP contribution in [0.2, 0.25) is 0 Å². The lowest BCUT2D eigenvalue weighted by atomic mass is 10.0. The fourth-order valence-electron chi connectivity index (χ4n) is 3.21. The molecule has 3 rings (SSSR count). The van der Waals surface area contributed by atoms with Crippen molar-refractivity contribution >= 4 is 22.8 Å². The fourth-order valence-corrected chi connectivity index (χ4v) is 3.21. The Hall–Kier alpha value is -3.48. The second kappa shape index (κ2) is 9.64. The third-order valence-electron chi connectivity index (χ3n) is 4.66. The first-order valence-electron chi connectivity index (χ1n) is 9.57. The standard InChI is InChI=1S/C22H23N3O4/c26-20(24-17(13-14-21(27)28)15-7-2-1-3-8-15)12-6-11-19-23-18-10-5-4-9-16(18)22(29)25-19/h1-5,7-10,17H,6,11-14H2,(H,24,26)(H,27,28)(H,23,25,29). The van der Waals surface area contributed by atoms with Crippen LogP contribution in [0.4, 0.5) is 0 Å². The number of hydrogen-bond acceptors (Lipinski definition) is 4. The van der Waals surface area contributed by atoms with Crippen molar-refractivity contribution in [2.75, 3.05) is 0 Å². The molecule has 3 aromatic rings. The summed E-state index contributed by atoms with van der Waals surface area (Å²) in [6.45, 7) is 0. The molecule has 0 aliphatic heterocycles. The monoisotopic (exact) mass is 393 g/mol. The van der Waals surface area contributed by atoms with E-state index in [1.807, 2.05) is 36.4 Å². The van der Waals surface area contributed by atoms with Gasteiger partial charge in [0.15, 0.2) is 0 Å². The second-order valence-corrected chi connectivity index (χ2v) is 6.85. The summed E-state index contributed by atoms with van der Waals surface area (Å²) in [6.07, 6.45) is 1.55. The number of aromatic nitrogens is 2. The van der Waals surface area contributed by atoms with Gasteiger partial charge in [-0.1, -0.05) is 42.5 Å². The van der Waals surface area contributed by atoms with Crippen LogP contribution in [-0.2, 0) is 16.0 Å². The summed E-state index contributed by atoms with van der Waals surface area (Å²) < 4.78 is 0. The van der Waals surface area contributed by atoms with E-state index < -0.39 is 5.97 Å². The number of hydrogen-bond donors (Lipinski definition) is 3. The summed E-state index contributed by atoms with van der Waals surface area (Å²) in [6, 6.07) is 16.1. The van der Waals surface area contributed by atoms with Gasteiger partial charge in [0.2, 0.25) is 5.91 Å². The average Bonchev–Trinajstić information content (AvgIpc) is 2.71. The molecule has 0 fully saturated rings. The van der Waals surface area contributed by atoms with Crippen LogP contribution in [0, 0.1) is 0 Å². The minimum atomic E-state index is -0.897. The molecule has 0 saturated carbocycles. The average molecular weight is 393 g/mol. The van der Waals surface area contributed by atoms with Crippen molar-refractivity contribution in [3.05, 3.63) is 76.3 Å². The summed E-state index contributed by atoms with van der Waals surface area (Å²) in [4.78, 5) is 42.6. The number of aliphatic carboxylic acids is 1. The molecule has 1 heterocycles. The van der Waals surface area contributed by atoms with E-state index in [9.17, 15) is 14.4 Å². The molecule has 0 aliphatic carbocycles. The van der Waals surface area contributed by atoms with Crippen molar-refractivity contribution < 1.29 is 14.7 Å². The number of nitrogens with zero attached hydrogens (tertiary/aromatic N) is 1. The van der Waals surface area contributed by atoms with Crippen molar-refractivity contribution in [2.45, 2.75) is 38.1 Å². The van der Waals surface area contributed by atoms with Crippen LogP contribution in [0.3, 0.4) is 0 Å². The third-order valence-corrected chi connectivity index (χ3v) is 4.66. The first-order chi connectivity index (χ1) is 14.0. The first kappa shape index (κ1) is 20.3. The topological polar surface area (TPSA) is 112 Å². The molecule has 0 radical (unpaired) electrons. The number of carbonyl (C=O) groups excluding carboxylic acids is 1. The van der Waals surface area contributed by atoms with Crippen molar-refractivity contribution in [2.24, 2.45) is 0 Å². The highest BCUT2D eigenvalue weighted by molar-refractivity contribution is 5.77. The van der Waals surface area contributed by atoms with Crippen molar-refractivity contribution in [3.8, 4) is 0 Å². The van der Waals surface area contributed by atoms with Gasteiger partial charge in [0.1, 0.15) is 5.82 Å². The lowest BCUT2D eigenvalue weighted by Gasteiger charge is -2.18. The predicted molar refractivity (Wildman–Crippen MR) is 109 cm³/mol. The highest BCUT2D eigenvalue weighted by Crippen LogP contribution is 2.18. The van der Waals surface area contributed by atoms with Crippen molar-refractivity contribution in [1.82, 2.24) is 15.3 Å². The van der Waals surface area contributed by atoms with Crippen molar-refractivity contribution in [1.29, 1.82) is 0 Å². The molecular formula is C22H23N3O4. The number of H-pyrrole nitrogens is 1. The maximum absolute atomic E-state index is 12.4. The largest absolute Gasteiger partial charge is 0.481 e. The Morgan fingerprint density at radius 3 is 2.52 bits per heavy atom. The zero-order valence-corrected chi connectivity index (χ0v) is 15.9. The van der Waals surface area contributed by atoms with Crippen LogP contribution in [0.15, 0.2) is 59.4 Å². The predicted octanol–water partition coefficient (Wildman–Crippen LogP) is 2.97. The summed E-state index contributed by atoms with van der Waals surface area (Å²) in [7, 11) is 0. The van der Waals surface area contributed by atoms with Gasteiger partial charge in [-0.05, 0) is 30.5 Å². The molecular weight excluding hydrogens is 370 g/mol. The lowest BCUT2D eigenvalue weighted by molar-refractivity contribution is -0.137. The Bertz CT molecular complexity index is 1050. The summed E-state index contributed by atoms with van der Waals surface area (Å²) in [5, 5.41) is 12.4. The van der Waals surface area contributed by atoms with Gasteiger partial charge in [0, 0.05) is 19.3 Å².